The maximum Gasteiger partial charge on any atom is 0.305 e. The van der Waals surface area contributed by atoms with Crippen LogP contribution in [0, 0.1) is 5.92 Å². The number of unbranched alkanes of at least 4 members (excludes halogenated alkanes) is 23. The van der Waals surface area contributed by atoms with E-state index in [4.69, 9.17) is 4.74 Å². The quantitative estimate of drug-likeness (QED) is 0.0533. The summed E-state index contributed by atoms with van der Waals surface area (Å²) in [6, 6.07) is 0. The van der Waals surface area contributed by atoms with E-state index >= 15 is 0 Å². The number of hydrogen-bond donors (Lipinski definition) is 1. The van der Waals surface area contributed by atoms with Gasteiger partial charge in [0.1, 0.15) is 0 Å². The van der Waals surface area contributed by atoms with Crippen LogP contribution in [0.2, 0.25) is 0 Å². The molecule has 6 heteroatoms. The van der Waals surface area contributed by atoms with Crippen LogP contribution in [-0.2, 0) is 9.53 Å². The number of thiazole rings is 1. The third-order valence-corrected chi connectivity index (χ3v) is 11.7. The minimum absolute atomic E-state index is 0.00862. The Balaban J connectivity index is 2.24. The fraction of sp³-hybridized carbons (Fsp3) is 0.913. The highest BCUT2D eigenvalue weighted by atomic mass is 32.1. The lowest BCUT2D eigenvalue weighted by atomic mass is 9.89. The Labute approximate surface area is 329 Å². The Morgan fingerprint density at radius 1 is 0.596 bits per heavy atom. The van der Waals surface area contributed by atoms with Crippen LogP contribution in [-0.4, -0.2) is 48.6 Å². The van der Waals surface area contributed by atoms with E-state index in [9.17, 15) is 4.79 Å². The fourth-order valence-corrected chi connectivity index (χ4v) is 8.14. The predicted molar refractivity (Wildman–Crippen MR) is 231 cm³/mol. The van der Waals surface area contributed by atoms with Crippen molar-refractivity contribution in [3.05, 3.63) is 11.6 Å². The van der Waals surface area contributed by atoms with Crippen LogP contribution < -0.4 is 5.32 Å². The van der Waals surface area contributed by atoms with Crippen molar-refractivity contribution in [2.24, 2.45) is 5.92 Å². The van der Waals surface area contributed by atoms with Gasteiger partial charge in [0, 0.05) is 24.5 Å². The highest BCUT2D eigenvalue weighted by molar-refractivity contribution is 7.13. The third kappa shape index (κ3) is 33.4. The van der Waals surface area contributed by atoms with Crippen LogP contribution in [0.5, 0.6) is 0 Å². The van der Waals surface area contributed by atoms with Gasteiger partial charge in [0.15, 0.2) is 5.13 Å². The number of carbonyl (C=O) groups is 1. The monoisotopic (exact) mass is 748 g/mol. The van der Waals surface area contributed by atoms with Gasteiger partial charge in [-0.05, 0) is 57.7 Å². The summed E-state index contributed by atoms with van der Waals surface area (Å²) >= 11 is 1.69. The Bertz CT molecular complexity index is 836. The molecule has 0 radical (unpaired) electrons. The Morgan fingerprint density at radius 3 is 1.54 bits per heavy atom. The first kappa shape index (κ1) is 48.9. The number of rotatable bonds is 42. The summed E-state index contributed by atoms with van der Waals surface area (Å²) in [5, 5.41) is 6.58. The largest absolute Gasteiger partial charge is 0.466 e. The average molecular weight is 748 g/mol. The van der Waals surface area contributed by atoms with Crippen LogP contribution in [0.25, 0.3) is 0 Å². The van der Waals surface area contributed by atoms with Gasteiger partial charge in [0.25, 0.3) is 0 Å². The van der Waals surface area contributed by atoms with E-state index in [2.05, 4.69) is 36.0 Å². The minimum Gasteiger partial charge on any atom is -0.466 e. The summed E-state index contributed by atoms with van der Waals surface area (Å²) in [7, 11) is 0. The molecule has 0 spiro atoms. The lowest BCUT2D eigenvalue weighted by Gasteiger charge is -2.22. The van der Waals surface area contributed by atoms with E-state index in [1.54, 1.807) is 11.3 Å². The zero-order valence-electron chi connectivity index (χ0n) is 35.2. The van der Waals surface area contributed by atoms with Gasteiger partial charge in [-0.15, -0.1) is 11.3 Å². The van der Waals surface area contributed by atoms with Gasteiger partial charge in [-0.3, -0.25) is 4.79 Å². The SMILES string of the molecule is CCCCCCCCCOC(=O)CCCCCCCN(CCCCCCCC(CCCCCCC)CCCCCCCC)CCCNc1nccs1. The smallest absolute Gasteiger partial charge is 0.305 e. The summed E-state index contributed by atoms with van der Waals surface area (Å²) in [5.74, 6) is 0.990. The van der Waals surface area contributed by atoms with E-state index in [1.807, 2.05) is 11.6 Å². The highest BCUT2D eigenvalue weighted by Crippen LogP contribution is 2.25. The van der Waals surface area contributed by atoms with Crippen molar-refractivity contribution < 1.29 is 9.53 Å². The van der Waals surface area contributed by atoms with E-state index in [-0.39, 0.29) is 5.97 Å². The number of hydrogen-bond acceptors (Lipinski definition) is 6. The van der Waals surface area contributed by atoms with Gasteiger partial charge < -0.3 is 15.0 Å². The number of nitrogens with zero attached hydrogens (tertiary/aromatic N) is 2. The van der Waals surface area contributed by atoms with Crippen LogP contribution in [0.15, 0.2) is 11.6 Å². The topological polar surface area (TPSA) is 54.5 Å². The summed E-state index contributed by atoms with van der Waals surface area (Å²) in [6.45, 7) is 12.1. The van der Waals surface area contributed by atoms with Gasteiger partial charge in [-0.2, -0.15) is 0 Å². The van der Waals surface area contributed by atoms with Gasteiger partial charge in [-0.1, -0.05) is 194 Å². The van der Waals surface area contributed by atoms with Crippen molar-refractivity contribution >= 4 is 22.4 Å². The van der Waals surface area contributed by atoms with Gasteiger partial charge >= 0.3 is 5.97 Å². The van der Waals surface area contributed by atoms with Crippen LogP contribution in [0.4, 0.5) is 5.13 Å². The zero-order valence-corrected chi connectivity index (χ0v) is 36.0. The van der Waals surface area contributed by atoms with Crippen molar-refractivity contribution in [2.75, 3.05) is 38.1 Å². The third-order valence-electron chi connectivity index (χ3n) is 11.0. The van der Waals surface area contributed by atoms with Crippen LogP contribution in [0.3, 0.4) is 0 Å². The maximum absolute atomic E-state index is 12.1. The van der Waals surface area contributed by atoms with E-state index in [0.29, 0.717) is 13.0 Å². The second-order valence-corrected chi connectivity index (χ2v) is 16.9. The fourth-order valence-electron chi connectivity index (χ4n) is 7.58. The molecule has 5 nitrogen and oxygen atoms in total. The van der Waals surface area contributed by atoms with Crippen molar-refractivity contribution in [1.29, 1.82) is 0 Å². The Kier molecular flexibility index (Phi) is 37.2. The molecule has 0 saturated carbocycles. The van der Waals surface area contributed by atoms with E-state index < -0.39 is 0 Å². The first-order valence-corrected chi connectivity index (χ1v) is 24.1. The van der Waals surface area contributed by atoms with Gasteiger partial charge in [0.05, 0.1) is 6.61 Å². The number of anilines is 1. The van der Waals surface area contributed by atoms with Crippen molar-refractivity contribution in [3.8, 4) is 0 Å². The summed E-state index contributed by atoms with van der Waals surface area (Å²) in [4.78, 5) is 19.2. The number of aromatic nitrogens is 1. The van der Waals surface area contributed by atoms with Crippen molar-refractivity contribution in [1.82, 2.24) is 9.88 Å². The molecule has 0 saturated heterocycles. The molecule has 0 aliphatic heterocycles. The molecule has 0 aromatic carbocycles. The summed E-state index contributed by atoms with van der Waals surface area (Å²) < 4.78 is 5.48. The number of ether oxygens (including phenoxy) is 1. The highest BCUT2D eigenvalue weighted by Gasteiger charge is 2.10. The number of nitrogens with one attached hydrogen (secondary N) is 1. The lowest BCUT2D eigenvalue weighted by Crippen LogP contribution is -2.28. The standard InChI is InChI=1S/C46H89N3O2S/c1-4-7-10-13-15-24-31-42-51-45(50)36-28-21-17-23-30-40-49(41-32-37-47-46-48-38-43-52-46)39-29-22-16-20-27-35-44(33-25-18-12-9-6-3)34-26-19-14-11-8-5-2/h38,43-44H,4-37,39-42H2,1-3H3,(H,47,48). The van der Waals surface area contributed by atoms with E-state index in [0.717, 1.165) is 36.9 Å². The lowest BCUT2D eigenvalue weighted by molar-refractivity contribution is -0.143. The Hall–Kier alpha value is -1.14. The van der Waals surface area contributed by atoms with Gasteiger partial charge in [0.2, 0.25) is 0 Å². The molecule has 1 heterocycles. The molecule has 0 fully saturated rings. The molecule has 52 heavy (non-hydrogen) atoms. The second-order valence-electron chi connectivity index (χ2n) is 16.0. The van der Waals surface area contributed by atoms with E-state index in [1.165, 1.54) is 206 Å². The molecule has 1 aromatic rings. The molecule has 0 aliphatic carbocycles. The molecule has 1 unspecified atom stereocenters. The molecular weight excluding hydrogens is 659 g/mol. The molecular formula is C46H89N3O2S. The molecule has 306 valence electrons. The first-order valence-electron chi connectivity index (χ1n) is 23.2. The maximum atomic E-state index is 12.1. The molecule has 0 amide bonds. The summed E-state index contributed by atoms with van der Waals surface area (Å²) in [5.41, 5.74) is 0. The number of carbonyl (C=O) groups excluding carboxylic acids is 1. The van der Waals surface area contributed by atoms with Crippen molar-refractivity contribution in [2.45, 2.75) is 233 Å². The van der Waals surface area contributed by atoms with Crippen LogP contribution >= 0.6 is 11.3 Å². The second kappa shape index (κ2) is 39.6. The average Bonchev–Trinajstić information content (AvgIpc) is 3.68. The molecule has 0 aliphatic rings. The molecule has 0 bridgehead atoms. The first-order chi connectivity index (χ1) is 25.7. The van der Waals surface area contributed by atoms with Gasteiger partial charge in [-0.25, -0.2) is 4.98 Å². The molecule has 1 rings (SSSR count). The zero-order chi connectivity index (χ0) is 37.4. The van der Waals surface area contributed by atoms with Crippen LogP contribution in [0.1, 0.15) is 233 Å². The normalized spacial score (nSPS) is 12.2. The number of esters is 1. The molecule has 1 atom stereocenters. The summed E-state index contributed by atoms with van der Waals surface area (Å²) in [6.07, 6.45) is 45.4. The minimum atomic E-state index is 0.00862. The molecule has 1 N–H and O–H groups in total. The predicted octanol–water partition coefficient (Wildman–Crippen LogP) is 14.9. The van der Waals surface area contributed by atoms with Crippen molar-refractivity contribution in [3.63, 3.8) is 0 Å². The molecule has 1 aromatic heterocycles. The Morgan fingerprint density at radius 2 is 1.04 bits per heavy atom.